The van der Waals surface area contributed by atoms with Gasteiger partial charge in [-0.1, -0.05) is 38.1 Å². The summed E-state index contributed by atoms with van der Waals surface area (Å²) in [7, 11) is 0. The first-order chi connectivity index (χ1) is 14.8. The second-order valence-corrected chi connectivity index (χ2v) is 8.35. The fourth-order valence-electron chi connectivity index (χ4n) is 3.85. The van der Waals surface area contributed by atoms with Gasteiger partial charge in [0.2, 0.25) is 11.8 Å². The molecule has 0 aliphatic carbocycles. The molecule has 0 radical (unpaired) electrons. The molecule has 8 heteroatoms. The number of rotatable bonds is 7. The van der Waals surface area contributed by atoms with Gasteiger partial charge in [-0.15, -0.1) is 0 Å². The van der Waals surface area contributed by atoms with Crippen LogP contribution >= 0.6 is 0 Å². The van der Waals surface area contributed by atoms with E-state index in [1.54, 1.807) is 11.1 Å². The fraction of sp³-hybridized carbons (Fsp3) is 0.478. The largest absolute Gasteiger partial charge is 0.394 e. The Bertz CT molecular complexity index is 916. The molecule has 166 valence electrons. The lowest BCUT2D eigenvalue weighted by Crippen LogP contribution is -2.53. The number of aliphatic hydroxyl groups excluding tert-OH is 1. The van der Waals surface area contributed by atoms with Crippen LogP contribution in [-0.2, 0) is 9.59 Å². The molecule has 3 rings (SSSR count). The van der Waals surface area contributed by atoms with E-state index in [0.717, 1.165) is 28.8 Å². The van der Waals surface area contributed by atoms with Gasteiger partial charge in [0, 0.05) is 24.0 Å². The zero-order valence-electron chi connectivity index (χ0n) is 18.3. The van der Waals surface area contributed by atoms with Crippen LogP contribution in [0, 0.1) is 12.8 Å². The van der Waals surface area contributed by atoms with Gasteiger partial charge in [-0.25, -0.2) is 9.97 Å². The van der Waals surface area contributed by atoms with Gasteiger partial charge < -0.3 is 21.1 Å². The summed E-state index contributed by atoms with van der Waals surface area (Å²) >= 11 is 0. The average Bonchev–Trinajstić information content (AvgIpc) is 3.27. The standard InChI is InChI=1S/C23H31N5O3/c1-14(2)21(24)23(31)28-10-4-5-20(28)22(30)27-19(12-29)17-8-6-16(7-9-17)18-11-25-13-26-15(18)3/h6-9,11,13-14,19-21,29H,4-5,10,12,24H2,1-3H3,(H,27,30). The van der Waals surface area contributed by atoms with E-state index < -0.39 is 18.1 Å². The summed E-state index contributed by atoms with van der Waals surface area (Å²) in [4.78, 5) is 35.5. The number of nitrogens with two attached hydrogens (primary N) is 1. The minimum absolute atomic E-state index is 0.000771. The number of hydrogen-bond donors (Lipinski definition) is 3. The van der Waals surface area contributed by atoms with Gasteiger partial charge in [0.05, 0.1) is 18.7 Å². The summed E-state index contributed by atoms with van der Waals surface area (Å²) in [6, 6.07) is 5.83. The van der Waals surface area contributed by atoms with Crippen LogP contribution in [0.3, 0.4) is 0 Å². The van der Waals surface area contributed by atoms with Gasteiger partial charge >= 0.3 is 0 Å². The van der Waals surface area contributed by atoms with Crippen molar-refractivity contribution in [1.29, 1.82) is 0 Å². The van der Waals surface area contributed by atoms with Gasteiger partial charge in [-0.3, -0.25) is 9.59 Å². The van der Waals surface area contributed by atoms with Gasteiger partial charge in [0.15, 0.2) is 0 Å². The van der Waals surface area contributed by atoms with E-state index >= 15 is 0 Å². The third-order valence-corrected chi connectivity index (χ3v) is 5.88. The quantitative estimate of drug-likeness (QED) is 0.619. The molecule has 1 aromatic heterocycles. The Morgan fingerprint density at radius 2 is 2.00 bits per heavy atom. The second-order valence-electron chi connectivity index (χ2n) is 8.35. The Balaban J connectivity index is 1.71. The molecule has 0 saturated carbocycles. The maximum absolute atomic E-state index is 13.0. The average molecular weight is 426 g/mol. The van der Waals surface area contributed by atoms with Crippen LogP contribution < -0.4 is 11.1 Å². The Morgan fingerprint density at radius 3 is 2.61 bits per heavy atom. The molecule has 1 aliphatic rings. The number of aromatic nitrogens is 2. The van der Waals surface area contributed by atoms with Crippen LogP contribution in [-0.4, -0.2) is 57.0 Å². The van der Waals surface area contributed by atoms with Gasteiger partial charge in [0.1, 0.15) is 12.4 Å². The summed E-state index contributed by atoms with van der Waals surface area (Å²) in [5.41, 5.74) is 9.57. The molecule has 8 nitrogen and oxygen atoms in total. The molecular weight excluding hydrogens is 394 g/mol. The van der Waals surface area contributed by atoms with Crippen LogP contribution in [0.15, 0.2) is 36.8 Å². The van der Waals surface area contributed by atoms with Gasteiger partial charge in [-0.05, 0) is 36.8 Å². The number of amides is 2. The smallest absolute Gasteiger partial charge is 0.243 e. The Morgan fingerprint density at radius 1 is 1.29 bits per heavy atom. The van der Waals surface area contributed by atoms with Crippen LogP contribution in [0.5, 0.6) is 0 Å². The first-order valence-corrected chi connectivity index (χ1v) is 10.7. The molecule has 1 fully saturated rings. The predicted molar refractivity (Wildman–Crippen MR) is 118 cm³/mol. The number of likely N-dealkylation sites (tertiary alicyclic amines) is 1. The highest BCUT2D eigenvalue weighted by Gasteiger charge is 2.37. The molecular formula is C23H31N5O3. The number of benzene rings is 1. The van der Waals surface area contributed by atoms with Crippen molar-refractivity contribution >= 4 is 11.8 Å². The number of carbonyl (C=O) groups excluding carboxylic acids is 2. The number of nitrogens with one attached hydrogen (secondary N) is 1. The third kappa shape index (κ3) is 5.08. The molecule has 2 aromatic rings. The lowest BCUT2D eigenvalue weighted by atomic mass is 10.0. The Labute approximate surface area is 182 Å². The maximum Gasteiger partial charge on any atom is 0.243 e. The molecule has 3 unspecified atom stereocenters. The molecule has 3 atom stereocenters. The zero-order valence-corrected chi connectivity index (χ0v) is 18.3. The van der Waals surface area contributed by atoms with Gasteiger partial charge in [-0.2, -0.15) is 0 Å². The minimum atomic E-state index is -0.625. The van der Waals surface area contributed by atoms with Crippen LogP contribution in [0.4, 0.5) is 0 Å². The van der Waals surface area contributed by atoms with E-state index in [4.69, 9.17) is 5.73 Å². The highest BCUT2D eigenvalue weighted by atomic mass is 16.3. The van der Waals surface area contributed by atoms with Crippen molar-refractivity contribution in [3.8, 4) is 11.1 Å². The monoisotopic (exact) mass is 425 g/mol. The first-order valence-electron chi connectivity index (χ1n) is 10.7. The molecule has 1 aromatic carbocycles. The highest BCUT2D eigenvalue weighted by Crippen LogP contribution is 2.24. The Kier molecular flexibility index (Phi) is 7.35. The summed E-state index contributed by atoms with van der Waals surface area (Å²) in [6.07, 6.45) is 4.62. The molecule has 4 N–H and O–H groups in total. The molecule has 1 saturated heterocycles. The van der Waals surface area contributed by atoms with E-state index in [1.807, 2.05) is 45.0 Å². The SMILES string of the molecule is Cc1ncncc1-c1ccc(C(CO)NC(=O)C2CCCN2C(=O)C(N)C(C)C)cc1. The number of nitrogens with zero attached hydrogens (tertiary/aromatic N) is 3. The van der Waals surface area contributed by atoms with E-state index in [0.29, 0.717) is 13.0 Å². The molecule has 1 aliphatic heterocycles. The van der Waals surface area contributed by atoms with Gasteiger partial charge in [0.25, 0.3) is 0 Å². The molecule has 2 heterocycles. The van der Waals surface area contributed by atoms with E-state index in [1.165, 1.54) is 6.33 Å². The number of aliphatic hydroxyl groups is 1. The summed E-state index contributed by atoms with van der Waals surface area (Å²) in [5, 5.41) is 12.8. The first kappa shape index (κ1) is 22.8. The van der Waals surface area contributed by atoms with Crippen molar-refractivity contribution < 1.29 is 14.7 Å². The minimum Gasteiger partial charge on any atom is -0.394 e. The summed E-state index contributed by atoms with van der Waals surface area (Å²) < 4.78 is 0. The van der Waals surface area contributed by atoms with Crippen molar-refractivity contribution in [3.63, 3.8) is 0 Å². The summed E-state index contributed by atoms with van der Waals surface area (Å²) in [5.74, 6) is -0.464. The highest BCUT2D eigenvalue weighted by molar-refractivity contribution is 5.90. The number of hydrogen-bond acceptors (Lipinski definition) is 6. The maximum atomic E-state index is 13.0. The van der Waals surface area contributed by atoms with Crippen molar-refractivity contribution in [1.82, 2.24) is 20.2 Å². The van der Waals surface area contributed by atoms with Crippen LogP contribution in [0.2, 0.25) is 0 Å². The normalized spacial score (nSPS) is 18.1. The number of carbonyl (C=O) groups is 2. The number of aryl methyl sites for hydroxylation is 1. The predicted octanol–water partition coefficient (Wildman–Crippen LogP) is 1.58. The topological polar surface area (TPSA) is 121 Å². The third-order valence-electron chi connectivity index (χ3n) is 5.88. The van der Waals surface area contributed by atoms with Crippen molar-refractivity contribution in [3.05, 3.63) is 48.0 Å². The van der Waals surface area contributed by atoms with Crippen LogP contribution in [0.25, 0.3) is 11.1 Å². The van der Waals surface area contributed by atoms with E-state index in [-0.39, 0.29) is 24.3 Å². The second kappa shape index (κ2) is 9.98. The lowest BCUT2D eigenvalue weighted by Gasteiger charge is -2.29. The molecule has 0 bridgehead atoms. The summed E-state index contributed by atoms with van der Waals surface area (Å²) in [6.45, 7) is 5.98. The molecule has 31 heavy (non-hydrogen) atoms. The van der Waals surface area contributed by atoms with Crippen molar-refractivity contribution in [2.24, 2.45) is 11.7 Å². The van der Waals surface area contributed by atoms with Crippen molar-refractivity contribution in [2.75, 3.05) is 13.2 Å². The Hall–Kier alpha value is -2.84. The lowest BCUT2D eigenvalue weighted by molar-refractivity contribution is -0.140. The van der Waals surface area contributed by atoms with E-state index in [2.05, 4.69) is 15.3 Å². The van der Waals surface area contributed by atoms with Crippen molar-refractivity contribution in [2.45, 2.75) is 51.7 Å². The van der Waals surface area contributed by atoms with E-state index in [9.17, 15) is 14.7 Å². The van der Waals surface area contributed by atoms with Crippen LogP contribution in [0.1, 0.15) is 44.0 Å². The zero-order chi connectivity index (χ0) is 22.5. The molecule has 0 spiro atoms. The molecule has 2 amide bonds. The fourth-order valence-corrected chi connectivity index (χ4v) is 3.85.